The van der Waals surface area contributed by atoms with Gasteiger partial charge in [-0.15, -0.1) is 0 Å². The summed E-state index contributed by atoms with van der Waals surface area (Å²) < 4.78 is 1.82. The van der Waals surface area contributed by atoms with Gasteiger partial charge in [0.15, 0.2) is 5.65 Å². The van der Waals surface area contributed by atoms with Gasteiger partial charge in [0.25, 0.3) is 0 Å². The number of carbonyl (C=O) groups excluding carboxylic acids is 1. The van der Waals surface area contributed by atoms with Gasteiger partial charge in [0.05, 0.1) is 30.7 Å². The van der Waals surface area contributed by atoms with Gasteiger partial charge in [-0.1, -0.05) is 6.07 Å². The molecule has 7 nitrogen and oxygen atoms in total. The molecule has 31 heavy (non-hydrogen) atoms. The lowest BCUT2D eigenvalue weighted by Gasteiger charge is -2.32. The second-order valence-electron chi connectivity index (χ2n) is 9.01. The van der Waals surface area contributed by atoms with Crippen LogP contribution in [-0.2, 0) is 16.1 Å². The summed E-state index contributed by atoms with van der Waals surface area (Å²) in [5, 5.41) is 6.11. The van der Waals surface area contributed by atoms with Crippen molar-refractivity contribution in [3.8, 4) is 0 Å². The highest BCUT2D eigenvalue weighted by Gasteiger charge is 2.37. The van der Waals surface area contributed by atoms with Gasteiger partial charge >= 0.3 is 0 Å². The molecular weight excluding hydrogens is 390 g/mol. The molecule has 1 amide bonds. The molecule has 1 aliphatic heterocycles. The summed E-state index contributed by atoms with van der Waals surface area (Å²) in [4.78, 5) is 27.9. The van der Waals surface area contributed by atoms with Gasteiger partial charge < -0.3 is 0 Å². The van der Waals surface area contributed by atoms with Crippen molar-refractivity contribution in [3.63, 3.8) is 0 Å². The predicted octanol–water partition coefficient (Wildman–Crippen LogP) is 4.00. The van der Waals surface area contributed by atoms with Crippen molar-refractivity contribution in [2.24, 2.45) is 11.8 Å². The Kier molecular flexibility index (Phi) is 5.44. The van der Waals surface area contributed by atoms with E-state index >= 15 is 0 Å². The molecule has 5 rings (SSSR count). The van der Waals surface area contributed by atoms with E-state index in [1.54, 1.807) is 5.06 Å². The summed E-state index contributed by atoms with van der Waals surface area (Å²) >= 11 is 0. The number of imidazole rings is 1. The molecule has 0 bridgehead atoms. The van der Waals surface area contributed by atoms with Crippen molar-refractivity contribution < 1.29 is 9.63 Å². The Morgan fingerprint density at radius 3 is 2.71 bits per heavy atom. The standard InChI is InChI=1S/C24H29N5O2/c1-16-3-6-21(14-25-16)22-9-10-31-29(22)24(30)20-7-4-18(5-8-20)11-19-12-23-27-17(2)15-28(23)26-13-19/h3,6,12-15,18,20,22H,4-5,7-11H2,1-2H3/t18-,20-,22-/m0/s1. The lowest BCUT2D eigenvalue weighted by Crippen LogP contribution is -2.36. The fourth-order valence-corrected chi connectivity index (χ4v) is 4.94. The van der Waals surface area contributed by atoms with Crippen LogP contribution in [-0.4, -0.2) is 37.2 Å². The van der Waals surface area contributed by atoms with Crippen LogP contribution in [0.4, 0.5) is 0 Å². The molecule has 1 atom stereocenters. The van der Waals surface area contributed by atoms with Gasteiger partial charge in [0.2, 0.25) is 5.91 Å². The molecule has 1 saturated heterocycles. The van der Waals surface area contributed by atoms with E-state index in [-0.39, 0.29) is 17.9 Å². The van der Waals surface area contributed by atoms with Crippen LogP contribution in [0.3, 0.4) is 0 Å². The first-order valence-corrected chi connectivity index (χ1v) is 11.3. The Morgan fingerprint density at radius 2 is 1.94 bits per heavy atom. The Morgan fingerprint density at radius 1 is 1.10 bits per heavy atom. The van der Waals surface area contributed by atoms with Gasteiger partial charge in [-0.3, -0.25) is 14.6 Å². The lowest BCUT2D eigenvalue weighted by molar-refractivity contribution is -0.183. The van der Waals surface area contributed by atoms with E-state index in [0.29, 0.717) is 12.5 Å². The number of carbonyl (C=O) groups is 1. The summed E-state index contributed by atoms with van der Waals surface area (Å²) in [5.74, 6) is 0.768. The molecule has 0 aromatic carbocycles. The minimum absolute atomic E-state index is 0.0193. The maximum atomic E-state index is 13.2. The largest absolute Gasteiger partial charge is 0.272 e. The minimum Gasteiger partial charge on any atom is -0.272 e. The Balaban J connectivity index is 1.19. The predicted molar refractivity (Wildman–Crippen MR) is 116 cm³/mol. The first-order valence-electron chi connectivity index (χ1n) is 11.3. The molecule has 2 fully saturated rings. The SMILES string of the molecule is Cc1ccc([C@@H]2CCON2C(=O)[C@H]2CC[C@H](Cc3cnn4cc(C)nc4c3)CC2)cn1. The summed E-state index contributed by atoms with van der Waals surface area (Å²) in [6.07, 6.45) is 11.5. The average molecular weight is 420 g/mol. The van der Waals surface area contributed by atoms with Gasteiger partial charge in [0.1, 0.15) is 0 Å². The Bertz CT molecular complexity index is 1070. The summed E-state index contributed by atoms with van der Waals surface area (Å²) in [6.45, 7) is 4.54. The average Bonchev–Trinajstić information content (AvgIpc) is 3.40. The number of nitrogens with zero attached hydrogens (tertiary/aromatic N) is 5. The number of aryl methyl sites for hydroxylation is 2. The van der Waals surface area contributed by atoms with Crippen molar-refractivity contribution in [1.82, 2.24) is 24.6 Å². The fraction of sp³-hybridized carbons (Fsp3) is 0.500. The lowest BCUT2D eigenvalue weighted by atomic mass is 9.79. The molecule has 7 heteroatoms. The normalized spacial score (nSPS) is 24.1. The fourth-order valence-electron chi connectivity index (χ4n) is 4.94. The van der Waals surface area contributed by atoms with E-state index in [1.165, 1.54) is 5.56 Å². The maximum absolute atomic E-state index is 13.2. The van der Waals surface area contributed by atoms with Crippen LogP contribution in [0.1, 0.15) is 60.7 Å². The molecule has 4 heterocycles. The highest BCUT2D eigenvalue weighted by molar-refractivity contribution is 5.78. The number of rotatable bonds is 4. The molecule has 3 aromatic heterocycles. The van der Waals surface area contributed by atoms with Crippen molar-refractivity contribution in [2.75, 3.05) is 6.61 Å². The van der Waals surface area contributed by atoms with Gasteiger partial charge in [-0.25, -0.2) is 14.6 Å². The van der Waals surface area contributed by atoms with Gasteiger partial charge in [-0.05, 0) is 75.1 Å². The van der Waals surface area contributed by atoms with E-state index in [2.05, 4.69) is 27.2 Å². The smallest absolute Gasteiger partial charge is 0.249 e. The zero-order chi connectivity index (χ0) is 21.4. The molecule has 3 aromatic rings. The maximum Gasteiger partial charge on any atom is 0.249 e. The zero-order valence-electron chi connectivity index (χ0n) is 18.2. The number of fused-ring (bicyclic) bond motifs is 1. The van der Waals surface area contributed by atoms with E-state index in [0.717, 1.165) is 61.1 Å². The van der Waals surface area contributed by atoms with Crippen LogP contribution >= 0.6 is 0 Å². The van der Waals surface area contributed by atoms with Crippen molar-refractivity contribution in [1.29, 1.82) is 0 Å². The minimum atomic E-state index is -0.0193. The molecule has 0 spiro atoms. The van der Waals surface area contributed by atoms with Crippen LogP contribution in [0.5, 0.6) is 0 Å². The highest BCUT2D eigenvalue weighted by Crippen LogP contribution is 2.36. The van der Waals surface area contributed by atoms with Gasteiger partial charge in [-0.2, -0.15) is 5.10 Å². The highest BCUT2D eigenvalue weighted by atomic mass is 16.7. The van der Waals surface area contributed by atoms with Crippen LogP contribution < -0.4 is 0 Å². The number of hydrogen-bond donors (Lipinski definition) is 0. The Hall–Kier alpha value is -2.80. The first-order chi connectivity index (χ1) is 15.1. The molecule has 0 radical (unpaired) electrons. The van der Waals surface area contributed by atoms with Crippen molar-refractivity contribution in [2.45, 2.75) is 58.4 Å². The number of amides is 1. The molecule has 0 N–H and O–H groups in total. The quantitative estimate of drug-likeness (QED) is 0.639. The van der Waals surface area contributed by atoms with Crippen LogP contribution in [0, 0.1) is 25.7 Å². The van der Waals surface area contributed by atoms with Crippen LogP contribution in [0.2, 0.25) is 0 Å². The van der Waals surface area contributed by atoms with E-state index < -0.39 is 0 Å². The molecule has 1 aliphatic carbocycles. The zero-order valence-corrected chi connectivity index (χ0v) is 18.2. The van der Waals surface area contributed by atoms with Crippen LogP contribution in [0.25, 0.3) is 5.65 Å². The number of pyridine rings is 1. The number of aromatic nitrogens is 4. The Labute approximate surface area is 182 Å². The van der Waals surface area contributed by atoms with Crippen molar-refractivity contribution >= 4 is 11.6 Å². The molecule has 2 aliphatic rings. The topological polar surface area (TPSA) is 72.6 Å². The third-order valence-corrected chi connectivity index (χ3v) is 6.66. The summed E-state index contributed by atoms with van der Waals surface area (Å²) in [7, 11) is 0. The third-order valence-electron chi connectivity index (χ3n) is 6.66. The second-order valence-corrected chi connectivity index (χ2v) is 9.01. The van der Waals surface area contributed by atoms with E-state index in [9.17, 15) is 4.79 Å². The molecule has 162 valence electrons. The molecule has 1 saturated carbocycles. The monoisotopic (exact) mass is 419 g/mol. The summed E-state index contributed by atoms with van der Waals surface area (Å²) in [6, 6.07) is 6.17. The van der Waals surface area contributed by atoms with E-state index in [1.807, 2.05) is 43.0 Å². The van der Waals surface area contributed by atoms with Crippen LogP contribution in [0.15, 0.2) is 36.8 Å². The first kappa shape index (κ1) is 20.1. The second kappa shape index (κ2) is 8.38. The van der Waals surface area contributed by atoms with Gasteiger partial charge in [0, 0.05) is 24.2 Å². The number of hydrogen-bond acceptors (Lipinski definition) is 5. The number of hydroxylamine groups is 2. The van der Waals surface area contributed by atoms with E-state index in [4.69, 9.17) is 4.84 Å². The summed E-state index contributed by atoms with van der Waals surface area (Å²) in [5.41, 5.74) is 5.15. The molecule has 0 unspecified atom stereocenters. The third kappa shape index (κ3) is 4.19. The molecular formula is C24H29N5O2. The van der Waals surface area contributed by atoms with Crippen molar-refractivity contribution in [3.05, 3.63) is 59.3 Å².